The molecule has 1 aliphatic rings. The van der Waals surface area contributed by atoms with Gasteiger partial charge >= 0.3 is 0 Å². The number of rotatable bonds is 3. The summed E-state index contributed by atoms with van der Waals surface area (Å²) in [6.07, 6.45) is 3.90. The summed E-state index contributed by atoms with van der Waals surface area (Å²) in [5, 5.41) is 3.39. The molecule has 1 unspecified atom stereocenters. The number of aromatic amines is 1. The molecule has 0 aliphatic carbocycles. The number of nitrogens with one attached hydrogen (secondary N) is 2. The molecule has 2 rings (SSSR count). The highest BCUT2D eigenvalue weighted by Gasteiger charge is 2.17. The Morgan fingerprint density at radius 1 is 1.65 bits per heavy atom. The van der Waals surface area contributed by atoms with Gasteiger partial charge in [-0.3, -0.25) is 4.79 Å². The van der Waals surface area contributed by atoms with Gasteiger partial charge in [0.1, 0.15) is 10.3 Å². The number of aromatic nitrogens is 2. The van der Waals surface area contributed by atoms with E-state index in [1.807, 2.05) is 11.9 Å². The standard InChI is InChI=1S/C11H17BrN4O/c1-16(6-8-3-2-4-13-5-8)10-9(12)11(17)15-7-14-10/h7-8,13H,2-6H2,1H3,(H,14,15,17). The van der Waals surface area contributed by atoms with Gasteiger partial charge in [0, 0.05) is 13.6 Å². The molecule has 1 atom stereocenters. The van der Waals surface area contributed by atoms with Crippen LogP contribution in [0.3, 0.4) is 0 Å². The van der Waals surface area contributed by atoms with Crippen LogP contribution in [-0.2, 0) is 0 Å². The lowest BCUT2D eigenvalue weighted by Gasteiger charge is -2.28. The van der Waals surface area contributed by atoms with Crippen molar-refractivity contribution in [1.29, 1.82) is 0 Å². The predicted molar refractivity (Wildman–Crippen MR) is 71.4 cm³/mol. The quantitative estimate of drug-likeness (QED) is 0.873. The fourth-order valence-electron chi connectivity index (χ4n) is 2.19. The first kappa shape index (κ1) is 12.6. The summed E-state index contributed by atoms with van der Waals surface area (Å²) < 4.78 is 0.506. The first-order valence-corrected chi connectivity index (χ1v) is 6.63. The number of halogens is 1. The van der Waals surface area contributed by atoms with Gasteiger partial charge in [-0.25, -0.2) is 4.98 Å². The zero-order valence-electron chi connectivity index (χ0n) is 9.87. The van der Waals surface area contributed by atoms with Crippen molar-refractivity contribution in [2.75, 3.05) is 31.6 Å². The van der Waals surface area contributed by atoms with Gasteiger partial charge in [-0.05, 0) is 47.8 Å². The summed E-state index contributed by atoms with van der Waals surface area (Å²) in [7, 11) is 1.97. The van der Waals surface area contributed by atoms with E-state index in [0.29, 0.717) is 16.2 Å². The van der Waals surface area contributed by atoms with Crippen LogP contribution in [0.25, 0.3) is 0 Å². The molecule has 17 heavy (non-hydrogen) atoms. The van der Waals surface area contributed by atoms with E-state index in [4.69, 9.17) is 0 Å². The van der Waals surface area contributed by atoms with Crippen molar-refractivity contribution in [2.24, 2.45) is 5.92 Å². The van der Waals surface area contributed by atoms with E-state index in [1.54, 1.807) is 0 Å². The average molecular weight is 301 g/mol. The molecule has 1 aromatic rings. The molecule has 2 heterocycles. The van der Waals surface area contributed by atoms with Crippen LogP contribution in [0.5, 0.6) is 0 Å². The highest BCUT2D eigenvalue weighted by molar-refractivity contribution is 9.10. The van der Waals surface area contributed by atoms with Crippen LogP contribution in [0.2, 0.25) is 0 Å². The Labute approximate surface area is 109 Å². The first-order valence-electron chi connectivity index (χ1n) is 5.83. The maximum atomic E-state index is 11.5. The Hall–Kier alpha value is -0.880. The molecule has 2 N–H and O–H groups in total. The van der Waals surface area contributed by atoms with E-state index >= 15 is 0 Å². The molecule has 1 fully saturated rings. The molecule has 6 heteroatoms. The van der Waals surface area contributed by atoms with Crippen LogP contribution in [0.4, 0.5) is 5.82 Å². The minimum Gasteiger partial charge on any atom is -0.358 e. The van der Waals surface area contributed by atoms with Crippen LogP contribution in [0.1, 0.15) is 12.8 Å². The second-order valence-corrected chi connectivity index (χ2v) is 5.26. The van der Waals surface area contributed by atoms with E-state index in [2.05, 4.69) is 31.2 Å². The van der Waals surface area contributed by atoms with E-state index in [0.717, 1.165) is 19.6 Å². The summed E-state index contributed by atoms with van der Waals surface area (Å²) in [6.45, 7) is 3.08. The molecule has 1 saturated heterocycles. The normalized spacial score (nSPS) is 20.2. The maximum absolute atomic E-state index is 11.5. The minimum atomic E-state index is -0.136. The zero-order chi connectivity index (χ0) is 12.3. The van der Waals surface area contributed by atoms with Crippen molar-refractivity contribution in [3.8, 4) is 0 Å². The Kier molecular flexibility index (Phi) is 4.17. The van der Waals surface area contributed by atoms with Crippen molar-refractivity contribution in [3.63, 3.8) is 0 Å². The zero-order valence-corrected chi connectivity index (χ0v) is 11.5. The van der Waals surface area contributed by atoms with Gasteiger partial charge in [0.15, 0.2) is 0 Å². The smallest absolute Gasteiger partial charge is 0.267 e. The van der Waals surface area contributed by atoms with Gasteiger partial charge in [0.2, 0.25) is 0 Å². The van der Waals surface area contributed by atoms with E-state index in [9.17, 15) is 4.79 Å². The van der Waals surface area contributed by atoms with Gasteiger partial charge in [-0.2, -0.15) is 0 Å². The van der Waals surface area contributed by atoms with E-state index in [-0.39, 0.29) is 5.56 Å². The third-order valence-corrected chi connectivity index (χ3v) is 3.79. The fraction of sp³-hybridized carbons (Fsp3) is 0.636. The molecule has 0 bridgehead atoms. The van der Waals surface area contributed by atoms with Crippen LogP contribution in [-0.4, -0.2) is 36.6 Å². The molecule has 0 amide bonds. The van der Waals surface area contributed by atoms with Crippen molar-refractivity contribution in [3.05, 3.63) is 21.2 Å². The number of nitrogens with zero attached hydrogens (tertiary/aromatic N) is 2. The highest BCUT2D eigenvalue weighted by atomic mass is 79.9. The second-order valence-electron chi connectivity index (χ2n) is 4.46. The molecule has 0 saturated carbocycles. The molecule has 0 radical (unpaired) electrons. The summed E-state index contributed by atoms with van der Waals surface area (Å²) in [5.74, 6) is 1.33. The lowest BCUT2D eigenvalue weighted by atomic mass is 9.99. The number of H-pyrrole nitrogens is 1. The molecule has 1 aliphatic heterocycles. The van der Waals surface area contributed by atoms with Crippen LogP contribution in [0, 0.1) is 5.92 Å². The van der Waals surface area contributed by atoms with Crippen molar-refractivity contribution < 1.29 is 0 Å². The predicted octanol–water partition coefficient (Wildman–Crippen LogP) is 0.968. The van der Waals surface area contributed by atoms with Crippen molar-refractivity contribution >= 4 is 21.7 Å². The number of piperidine rings is 1. The van der Waals surface area contributed by atoms with Gasteiger partial charge < -0.3 is 15.2 Å². The molecular weight excluding hydrogens is 284 g/mol. The first-order chi connectivity index (χ1) is 8.18. The Balaban J connectivity index is 2.06. The van der Waals surface area contributed by atoms with Gasteiger partial charge in [0.05, 0.1) is 6.33 Å². The van der Waals surface area contributed by atoms with Crippen LogP contribution >= 0.6 is 15.9 Å². The van der Waals surface area contributed by atoms with Crippen LogP contribution in [0.15, 0.2) is 15.6 Å². The van der Waals surface area contributed by atoms with E-state index < -0.39 is 0 Å². The second kappa shape index (κ2) is 5.64. The van der Waals surface area contributed by atoms with Crippen LogP contribution < -0.4 is 15.8 Å². The topological polar surface area (TPSA) is 61.0 Å². The van der Waals surface area contributed by atoms with Gasteiger partial charge in [-0.15, -0.1) is 0 Å². The molecule has 94 valence electrons. The summed E-state index contributed by atoms with van der Waals surface area (Å²) >= 11 is 3.28. The molecule has 0 aromatic carbocycles. The molecule has 5 nitrogen and oxygen atoms in total. The summed E-state index contributed by atoms with van der Waals surface area (Å²) in [6, 6.07) is 0. The third kappa shape index (κ3) is 3.07. The molecule has 1 aromatic heterocycles. The summed E-state index contributed by atoms with van der Waals surface area (Å²) in [5.41, 5.74) is -0.136. The molecular formula is C11H17BrN4O. The maximum Gasteiger partial charge on any atom is 0.267 e. The monoisotopic (exact) mass is 300 g/mol. The minimum absolute atomic E-state index is 0.136. The number of anilines is 1. The van der Waals surface area contributed by atoms with Gasteiger partial charge in [0.25, 0.3) is 5.56 Å². The highest BCUT2D eigenvalue weighted by Crippen LogP contribution is 2.20. The van der Waals surface area contributed by atoms with Crippen molar-refractivity contribution in [1.82, 2.24) is 15.3 Å². The Morgan fingerprint density at radius 2 is 2.47 bits per heavy atom. The number of hydrogen-bond donors (Lipinski definition) is 2. The Morgan fingerprint density at radius 3 is 3.18 bits per heavy atom. The Bertz CT molecular complexity index is 428. The largest absolute Gasteiger partial charge is 0.358 e. The lowest BCUT2D eigenvalue weighted by molar-refractivity contribution is 0.380. The summed E-state index contributed by atoms with van der Waals surface area (Å²) in [4.78, 5) is 20.2. The SMILES string of the molecule is CN(CC1CCCNC1)c1nc[nH]c(=O)c1Br. The average Bonchev–Trinajstić information content (AvgIpc) is 2.34. The van der Waals surface area contributed by atoms with Gasteiger partial charge in [-0.1, -0.05) is 0 Å². The fourth-order valence-corrected chi connectivity index (χ4v) is 2.71. The number of hydrogen-bond acceptors (Lipinski definition) is 4. The third-order valence-electron chi connectivity index (χ3n) is 3.07. The van der Waals surface area contributed by atoms with Crippen molar-refractivity contribution in [2.45, 2.75) is 12.8 Å². The lowest BCUT2D eigenvalue weighted by Crippen LogP contribution is -2.37. The van der Waals surface area contributed by atoms with E-state index in [1.165, 1.54) is 19.2 Å². The molecule has 0 spiro atoms.